The predicted octanol–water partition coefficient (Wildman–Crippen LogP) is 4.12. The van der Waals surface area contributed by atoms with Crippen molar-refractivity contribution in [3.05, 3.63) is 40.7 Å². The fourth-order valence-corrected chi connectivity index (χ4v) is 2.76. The number of hydrogen-bond donors (Lipinski definition) is 1. The number of nitrogens with one attached hydrogen (secondary N) is 1. The summed E-state index contributed by atoms with van der Waals surface area (Å²) in [6.07, 6.45) is 4.67. The van der Waals surface area contributed by atoms with Crippen molar-refractivity contribution in [1.29, 1.82) is 0 Å². The van der Waals surface area contributed by atoms with Crippen LogP contribution >= 0.6 is 11.6 Å². The van der Waals surface area contributed by atoms with Crippen LogP contribution in [0.5, 0.6) is 0 Å². The monoisotopic (exact) mass is 303 g/mol. The first-order chi connectivity index (χ1) is 10.0. The van der Waals surface area contributed by atoms with Crippen LogP contribution in [0.4, 0.5) is 0 Å². The zero-order chi connectivity index (χ0) is 15.0. The lowest BCUT2D eigenvalue weighted by atomic mass is 9.98. The third-order valence-corrected chi connectivity index (χ3v) is 4.29. The van der Waals surface area contributed by atoms with Gasteiger partial charge in [-0.2, -0.15) is 5.10 Å². The van der Waals surface area contributed by atoms with E-state index in [0.29, 0.717) is 12.0 Å². The summed E-state index contributed by atoms with van der Waals surface area (Å²) >= 11 is 6.33. The Labute approximate surface area is 131 Å². The number of hydrogen-bond acceptors (Lipinski definition) is 2. The van der Waals surface area contributed by atoms with E-state index >= 15 is 0 Å². The van der Waals surface area contributed by atoms with E-state index in [-0.39, 0.29) is 0 Å². The van der Waals surface area contributed by atoms with Crippen LogP contribution in [0.2, 0.25) is 5.02 Å². The van der Waals surface area contributed by atoms with E-state index < -0.39 is 0 Å². The van der Waals surface area contributed by atoms with Gasteiger partial charge in [0.2, 0.25) is 0 Å². The van der Waals surface area contributed by atoms with Crippen molar-refractivity contribution in [2.45, 2.75) is 45.2 Å². The van der Waals surface area contributed by atoms with Crippen LogP contribution < -0.4 is 5.32 Å². The van der Waals surface area contributed by atoms with E-state index in [1.54, 1.807) is 0 Å². The molecule has 0 atom stereocenters. The zero-order valence-electron chi connectivity index (χ0n) is 12.9. The van der Waals surface area contributed by atoms with Crippen molar-refractivity contribution in [1.82, 2.24) is 15.1 Å². The van der Waals surface area contributed by atoms with E-state index in [9.17, 15) is 0 Å². The number of halogens is 1. The molecule has 3 nitrogen and oxygen atoms in total. The van der Waals surface area contributed by atoms with Crippen LogP contribution in [-0.2, 0) is 13.6 Å². The second kappa shape index (κ2) is 5.82. The largest absolute Gasteiger partial charge is 0.310 e. The van der Waals surface area contributed by atoms with Crippen molar-refractivity contribution in [2.24, 2.45) is 7.05 Å². The maximum atomic E-state index is 6.33. The molecule has 0 radical (unpaired) electrons. The number of aryl methyl sites for hydroxylation is 1. The summed E-state index contributed by atoms with van der Waals surface area (Å²) in [5, 5.41) is 8.96. The van der Waals surface area contributed by atoms with E-state index in [4.69, 9.17) is 11.6 Å². The lowest BCUT2D eigenvalue weighted by Gasteiger charge is -2.10. The van der Waals surface area contributed by atoms with Crippen molar-refractivity contribution >= 4 is 11.6 Å². The Kier molecular flexibility index (Phi) is 4.05. The molecule has 4 heteroatoms. The van der Waals surface area contributed by atoms with Gasteiger partial charge in [-0.05, 0) is 42.0 Å². The molecule has 2 aromatic rings. The van der Waals surface area contributed by atoms with Crippen molar-refractivity contribution in [3.8, 4) is 11.1 Å². The minimum Gasteiger partial charge on any atom is -0.310 e. The molecular formula is C17H22ClN3. The smallest absolute Gasteiger partial charge is 0.0728 e. The van der Waals surface area contributed by atoms with Crippen LogP contribution in [-0.4, -0.2) is 15.8 Å². The molecule has 21 heavy (non-hydrogen) atoms. The lowest BCUT2D eigenvalue weighted by molar-refractivity contribution is 0.688. The first-order valence-corrected chi connectivity index (χ1v) is 7.98. The summed E-state index contributed by atoms with van der Waals surface area (Å²) in [4.78, 5) is 0. The van der Waals surface area contributed by atoms with Crippen LogP contribution in [0.25, 0.3) is 11.1 Å². The molecule has 0 aliphatic heterocycles. The second-order valence-corrected chi connectivity index (χ2v) is 6.62. The highest BCUT2D eigenvalue weighted by Crippen LogP contribution is 2.31. The fraction of sp³-hybridized carbons (Fsp3) is 0.471. The van der Waals surface area contributed by atoms with Gasteiger partial charge in [-0.25, -0.2) is 0 Å². The maximum absolute atomic E-state index is 6.33. The number of benzene rings is 1. The van der Waals surface area contributed by atoms with Gasteiger partial charge >= 0.3 is 0 Å². The van der Waals surface area contributed by atoms with E-state index in [2.05, 4.69) is 42.6 Å². The van der Waals surface area contributed by atoms with Gasteiger partial charge in [-0.3, -0.25) is 4.68 Å². The molecule has 0 amide bonds. The van der Waals surface area contributed by atoms with Gasteiger partial charge in [0.15, 0.2) is 0 Å². The van der Waals surface area contributed by atoms with Crippen molar-refractivity contribution < 1.29 is 0 Å². The Bertz CT molecular complexity index is 641. The Morgan fingerprint density at radius 2 is 2.14 bits per heavy atom. The lowest BCUT2D eigenvalue weighted by Crippen LogP contribution is -2.15. The van der Waals surface area contributed by atoms with Gasteiger partial charge in [0.05, 0.1) is 5.69 Å². The van der Waals surface area contributed by atoms with Crippen LogP contribution in [0.1, 0.15) is 43.9 Å². The summed E-state index contributed by atoms with van der Waals surface area (Å²) in [6.45, 7) is 5.20. The number of nitrogens with zero attached hydrogens (tertiary/aromatic N) is 2. The summed E-state index contributed by atoms with van der Waals surface area (Å²) in [5.41, 5.74) is 4.71. The third kappa shape index (κ3) is 3.30. The standard InChI is InChI=1S/C17H22ClN3/c1-11(2)17-15(10-21(3)20-17)12-4-7-16(18)13(8-12)9-19-14-5-6-14/h4,7-8,10-11,14,19H,5-6,9H2,1-3H3. The summed E-state index contributed by atoms with van der Waals surface area (Å²) in [7, 11) is 1.97. The molecule has 0 spiro atoms. The van der Waals surface area contributed by atoms with Gasteiger partial charge in [-0.1, -0.05) is 31.5 Å². The molecule has 1 aromatic heterocycles. The topological polar surface area (TPSA) is 29.9 Å². The summed E-state index contributed by atoms with van der Waals surface area (Å²) < 4.78 is 1.89. The maximum Gasteiger partial charge on any atom is 0.0728 e. The highest BCUT2D eigenvalue weighted by atomic mass is 35.5. The van der Waals surface area contributed by atoms with E-state index in [1.165, 1.54) is 29.5 Å². The van der Waals surface area contributed by atoms with E-state index in [0.717, 1.165) is 17.3 Å². The zero-order valence-corrected chi connectivity index (χ0v) is 13.6. The molecule has 1 saturated carbocycles. The highest BCUT2D eigenvalue weighted by Gasteiger charge is 2.21. The molecule has 1 aliphatic rings. The molecule has 1 fully saturated rings. The summed E-state index contributed by atoms with van der Waals surface area (Å²) in [5.74, 6) is 0.407. The van der Waals surface area contributed by atoms with Crippen molar-refractivity contribution in [3.63, 3.8) is 0 Å². The summed E-state index contributed by atoms with van der Waals surface area (Å²) in [6, 6.07) is 6.97. The van der Waals surface area contributed by atoms with Gasteiger partial charge in [0.1, 0.15) is 0 Å². The molecule has 0 bridgehead atoms. The first kappa shape index (κ1) is 14.6. The van der Waals surface area contributed by atoms with Crippen LogP contribution in [0, 0.1) is 0 Å². The molecule has 1 aliphatic carbocycles. The van der Waals surface area contributed by atoms with Crippen LogP contribution in [0.3, 0.4) is 0 Å². The molecule has 1 N–H and O–H groups in total. The fourth-order valence-electron chi connectivity index (χ4n) is 2.57. The van der Waals surface area contributed by atoms with Gasteiger partial charge in [0.25, 0.3) is 0 Å². The average molecular weight is 304 g/mol. The Morgan fingerprint density at radius 3 is 2.81 bits per heavy atom. The van der Waals surface area contributed by atoms with Crippen molar-refractivity contribution in [2.75, 3.05) is 0 Å². The molecule has 0 unspecified atom stereocenters. The van der Waals surface area contributed by atoms with Gasteiger partial charge in [-0.15, -0.1) is 0 Å². The normalized spacial score (nSPS) is 14.9. The molecule has 3 rings (SSSR count). The molecule has 1 heterocycles. The Morgan fingerprint density at radius 1 is 1.38 bits per heavy atom. The Balaban J connectivity index is 1.92. The quantitative estimate of drug-likeness (QED) is 0.900. The third-order valence-electron chi connectivity index (χ3n) is 3.92. The SMILES string of the molecule is CC(C)c1nn(C)cc1-c1ccc(Cl)c(CNC2CC2)c1. The minimum atomic E-state index is 0.407. The number of rotatable bonds is 5. The van der Waals surface area contributed by atoms with Gasteiger partial charge in [0, 0.05) is 36.4 Å². The van der Waals surface area contributed by atoms with E-state index in [1.807, 2.05) is 17.8 Å². The number of aromatic nitrogens is 2. The second-order valence-electron chi connectivity index (χ2n) is 6.22. The molecule has 1 aromatic carbocycles. The highest BCUT2D eigenvalue weighted by molar-refractivity contribution is 6.31. The average Bonchev–Trinajstić information content (AvgIpc) is 3.18. The Hall–Kier alpha value is -1.32. The van der Waals surface area contributed by atoms with Crippen LogP contribution in [0.15, 0.2) is 24.4 Å². The molecular weight excluding hydrogens is 282 g/mol. The van der Waals surface area contributed by atoms with Gasteiger partial charge < -0.3 is 5.32 Å². The first-order valence-electron chi connectivity index (χ1n) is 7.60. The molecule has 0 saturated heterocycles. The predicted molar refractivity (Wildman–Crippen MR) is 87.6 cm³/mol. The minimum absolute atomic E-state index is 0.407. The molecule has 112 valence electrons.